The fourth-order valence-corrected chi connectivity index (χ4v) is 2.38. The summed E-state index contributed by atoms with van der Waals surface area (Å²) in [5.74, 6) is 0. The second kappa shape index (κ2) is 5.47. The largest absolute Gasteiger partial charge is 0.472 e. The van der Waals surface area contributed by atoms with E-state index in [-0.39, 0.29) is 5.41 Å². The molecule has 0 radical (unpaired) electrons. The van der Waals surface area contributed by atoms with E-state index in [9.17, 15) is 4.79 Å². The number of aldehydes is 1. The molecule has 0 amide bonds. The van der Waals surface area contributed by atoms with Crippen LogP contribution in [0.5, 0.6) is 0 Å². The van der Waals surface area contributed by atoms with Crippen molar-refractivity contribution in [3.05, 3.63) is 24.2 Å². The second-order valence-corrected chi connectivity index (χ2v) is 4.90. The van der Waals surface area contributed by atoms with Crippen molar-refractivity contribution in [2.75, 3.05) is 26.8 Å². The van der Waals surface area contributed by atoms with Crippen LogP contribution in [0.3, 0.4) is 0 Å². The van der Waals surface area contributed by atoms with E-state index in [0.717, 1.165) is 37.8 Å². The van der Waals surface area contributed by atoms with E-state index in [4.69, 9.17) is 9.15 Å². The summed E-state index contributed by atoms with van der Waals surface area (Å²) in [6, 6.07) is 1.95. The van der Waals surface area contributed by atoms with Crippen molar-refractivity contribution in [2.45, 2.75) is 19.4 Å². The molecule has 0 bridgehead atoms. The molecular formula is C13H19NO3. The van der Waals surface area contributed by atoms with Gasteiger partial charge in [0.2, 0.25) is 0 Å². The SMILES string of the molecule is CN(Cc1ccoc1)CC1(C=O)CCOCC1. The Labute approximate surface area is 102 Å². The highest BCUT2D eigenvalue weighted by Gasteiger charge is 2.33. The molecule has 0 spiro atoms. The minimum atomic E-state index is -0.225. The van der Waals surface area contributed by atoms with Gasteiger partial charge in [-0.2, -0.15) is 0 Å². The van der Waals surface area contributed by atoms with Crippen molar-refractivity contribution < 1.29 is 13.9 Å². The van der Waals surface area contributed by atoms with Gasteiger partial charge in [0.25, 0.3) is 0 Å². The van der Waals surface area contributed by atoms with Gasteiger partial charge < -0.3 is 18.8 Å². The molecule has 0 saturated carbocycles. The number of carbonyl (C=O) groups excluding carboxylic acids is 1. The Morgan fingerprint density at radius 1 is 1.47 bits per heavy atom. The van der Waals surface area contributed by atoms with E-state index in [1.54, 1.807) is 12.5 Å². The lowest BCUT2D eigenvalue weighted by molar-refractivity contribution is -0.122. The zero-order valence-corrected chi connectivity index (χ0v) is 10.2. The standard InChI is InChI=1S/C13H19NO3/c1-14(8-12-2-5-17-9-12)10-13(11-15)3-6-16-7-4-13/h2,5,9,11H,3-4,6-8,10H2,1H3. The summed E-state index contributed by atoms with van der Waals surface area (Å²) in [4.78, 5) is 13.5. The minimum absolute atomic E-state index is 0.225. The predicted octanol–water partition coefficient (Wildman–Crippen LogP) is 1.71. The van der Waals surface area contributed by atoms with Crippen LogP contribution in [0.2, 0.25) is 0 Å². The normalized spacial score (nSPS) is 19.4. The highest BCUT2D eigenvalue weighted by molar-refractivity contribution is 5.60. The molecule has 2 rings (SSSR count). The average molecular weight is 237 g/mol. The van der Waals surface area contributed by atoms with Gasteiger partial charge in [-0.05, 0) is 26.0 Å². The van der Waals surface area contributed by atoms with Crippen LogP contribution >= 0.6 is 0 Å². The Balaban J connectivity index is 1.91. The Bertz CT molecular complexity index is 342. The summed E-state index contributed by atoms with van der Waals surface area (Å²) >= 11 is 0. The Morgan fingerprint density at radius 2 is 2.24 bits per heavy atom. The molecule has 1 aromatic heterocycles. The third-order valence-electron chi connectivity index (χ3n) is 3.36. The monoisotopic (exact) mass is 237 g/mol. The summed E-state index contributed by atoms with van der Waals surface area (Å²) in [7, 11) is 2.04. The number of rotatable bonds is 5. The molecule has 17 heavy (non-hydrogen) atoms. The molecule has 1 aliphatic heterocycles. The molecule has 0 N–H and O–H groups in total. The molecule has 1 saturated heterocycles. The summed E-state index contributed by atoms with van der Waals surface area (Å²) in [5, 5.41) is 0. The van der Waals surface area contributed by atoms with Crippen LogP contribution in [-0.4, -0.2) is 38.0 Å². The minimum Gasteiger partial charge on any atom is -0.472 e. The Hall–Kier alpha value is -1.13. The van der Waals surface area contributed by atoms with Crippen molar-refractivity contribution in [1.82, 2.24) is 4.90 Å². The first-order valence-electron chi connectivity index (χ1n) is 5.98. The van der Waals surface area contributed by atoms with E-state index in [1.807, 2.05) is 13.1 Å². The van der Waals surface area contributed by atoms with Gasteiger partial charge in [0.05, 0.1) is 12.5 Å². The molecule has 2 heterocycles. The molecule has 0 atom stereocenters. The van der Waals surface area contributed by atoms with E-state index in [1.165, 1.54) is 0 Å². The van der Waals surface area contributed by atoms with Crippen molar-refractivity contribution in [3.8, 4) is 0 Å². The predicted molar refractivity (Wildman–Crippen MR) is 63.6 cm³/mol. The number of nitrogens with zero attached hydrogens (tertiary/aromatic N) is 1. The molecule has 4 nitrogen and oxygen atoms in total. The lowest BCUT2D eigenvalue weighted by atomic mass is 9.81. The first-order chi connectivity index (χ1) is 8.24. The smallest absolute Gasteiger partial charge is 0.127 e. The van der Waals surface area contributed by atoms with Crippen LogP contribution in [-0.2, 0) is 16.1 Å². The fourth-order valence-electron chi connectivity index (χ4n) is 2.38. The van der Waals surface area contributed by atoms with E-state index in [0.29, 0.717) is 13.2 Å². The van der Waals surface area contributed by atoms with Crippen LogP contribution in [0, 0.1) is 5.41 Å². The summed E-state index contributed by atoms with van der Waals surface area (Å²) in [6.07, 6.45) is 6.18. The molecule has 0 aromatic carbocycles. The highest BCUT2D eigenvalue weighted by atomic mass is 16.5. The third kappa shape index (κ3) is 3.17. The van der Waals surface area contributed by atoms with Gasteiger partial charge >= 0.3 is 0 Å². The molecular weight excluding hydrogens is 218 g/mol. The van der Waals surface area contributed by atoms with Crippen LogP contribution < -0.4 is 0 Å². The Kier molecular flexibility index (Phi) is 3.97. The molecule has 1 fully saturated rings. The van der Waals surface area contributed by atoms with Crippen molar-refractivity contribution in [3.63, 3.8) is 0 Å². The quantitative estimate of drug-likeness (QED) is 0.731. The summed E-state index contributed by atoms with van der Waals surface area (Å²) in [5.41, 5.74) is 0.914. The number of furan rings is 1. The zero-order chi connectivity index (χ0) is 12.1. The molecule has 1 aliphatic rings. The van der Waals surface area contributed by atoms with Gasteiger partial charge in [-0.1, -0.05) is 0 Å². The number of hydrogen-bond acceptors (Lipinski definition) is 4. The van der Waals surface area contributed by atoms with Gasteiger partial charge in [0, 0.05) is 37.3 Å². The topological polar surface area (TPSA) is 42.7 Å². The van der Waals surface area contributed by atoms with E-state index < -0.39 is 0 Å². The first kappa shape index (κ1) is 12.3. The summed E-state index contributed by atoms with van der Waals surface area (Å²) in [6.45, 7) is 2.98. The zero-order valence-electron chi connectivity index (χ0n) is 10.2. The molecule has 94 valence electrons. The average Bonchev–Trinajstić information content (AvgIpc) is 2.83. The Morgan fingerprint density at radius 3 is 2.82 bits per heavy atom. The number of carbonyl (C=O) groups is 1. The number of hydrogen-bond donors (Lipinski definition) is 0. The maximum Gasteiger partial charge on any atom is 0.127 e. The van der Waals surface area contributed by atoms with Gasteiger partial charge in [-0.25, -0.2) is 0 Å². The van der Waals surface area contributed by atoms with Gasteiger partial charge in [-0.15, -0.1) is 0 Å². The fraction of sp³-hybridized carbons (Fsp3) is 0.615. The van der Waals surface area contributed by atoms with Crippen molar-refractivity contribution in [2.24, 2.45) is 5.41 Å². The van der Waals surface area contributed by atoms with E-state index >= 15 is 0 Å². The maximum atomic E-state index is 11.3. The first-order valence-corrected chi connectivity index (χ1v) is 5.98. The molecule has 4 heteroatoms. The molecule has 0 aliphatic carbocycles. The van der Waals surface area contributed by atoms with Crippen molar-refractivity contribution >= 4 is 6.29 Å². The lowest BCUT2D eigenvalue weighted by Gasteiger charge is -2.35. The molecule has 1 aromatic rings. The van der Waals surface area contributed by atoms with E-state index in [2.05, 4.69) is 4.90 Å². The number of ether oxygens (including phenoxy) is 1. The van der Waals surface area contributed by atoms with Crippen LogP contribution in [0.1, 0.15) is 18.4 Å². The van der Waals surface area contributed by atoms with Gasteiger partial charge in [0.1, 0.15) is 6.29 Å². The van der Waals surface area contributed by atoms with Gasteiger partial charge in [-0.3, -0.25) is 0 Å². The third-order valence-corrected chi connectivity index (χ3v) is 3.36. The lowest BCUT2D eigenvalue weighted by Crippen LogP contribution is -2.41. The maximum absolute atomic E-state index is 11.3. The second-order valence-electron chi connectivity index (χ2n) is 4.90. The summed E-state index contributed by atoms with van der Waals surface area (Å²) < 4.78 is 10.4. The van der Waals surface area contributed by atoms with Crippen LogP contribution in [0.4, 0.5) is 0 Å². The highest BCUT2D eigenvalue weighted by Crippen LogP contribution is 2.29. The van der Waals surface area contributed by atoms with Gasteiger partial charge in [0.15, 0.2) is 0 Å². The molecule has 0 unspecified atom stereocenters. The van der Waals surface area contributed by atoms with Crippen molar-refractivity contribution in [1.29, 1.82) is 0 Å². The van der Waals surface area contributed by atoms with Crippen LogP contribution in [0.25, 0.3) is 0 Å². The van der Waals surface area contributed by atoms with Crippen LogP contribution in [0.15, 0.2) is 23.0 Å².